The first-order valence-corrected chi connectivity index (χ1v) is 6.09. The molecule has 0 radical (unpaired) electrons. The first-order valence-electron chi connectivity index (χ1n) is 5.71. The van der Waals surface area contributed by atoms with Gasteiger partial charge in [0.05, 0.1) is 10.9 Å². The van der Waals surface area contributed by atoms with Crippen molar-refractivity contribution in [2.75, 3.05) is 0 Å². The van der Waals surface area contributed by atoms with Gasteiger partial charge in [0.25, 0.3) is 0 Å². The molecular weight excluding hydrogens is 238 g/mol. The van der Waals surface area contributed by atoms with Crippen LogP contribution >= 0.6 is 11.6 Å². The number of nitrogens with zero attached hydrogens (tertiary/aromatic N) is 1. The summed E-state index contributed by atoms with van der Waals surface area (Å²) < 4.78 is 5.34. The predicted octanol–water partition coefficient (Wildman–Crippen LogP) is 3.18. The van der Waals surface area contributed by atoms with Gasteiger partial charge in [0.2, 0.25) is 0 Å². The van der Waals surface area contributed by atoms with Gasteiger partial charge in [-0.15, -0.1) is 0 Å². The smallest absolute Gasteiger partial charge is 0.310 e. The van der Waals surface area contributed by atoms with Crippen LogP contribution in [0.25, 0.3) is 0 Å². The summed E-state index contributed by atoms with van der Waals surface area (Å²) in [5.41, 5.74) is 0.503. The second-order valence-corrected chi connectivity index (χ2v) is 5.82. The molecule has 0 N–H and O–H groups in total. The van der Waals surface area contributed by atoms with Crippen LogP contribution in [0.15, 0.2) is 18.3 Å². The van der Waals surface area contributed by atoms with Crippen LogP contribution in [0.4, 0.5) is 0 Å². The summed E-state index contributed by atoms with van der Waals surface area (Å²) in [6, 6.07) is 3.67. The fraction of sp³-hybridized carbons (Fsp3) is 0.538. The van der Waals surface area contributed by atoms with Gasteiger partial charge in [0.1, 0.15) is 5.60 Å². The normalized spacial score (nSPS) is 23.3. The highest BCUT2D eigenvalue weighted by molar-refractivity contribution is 6.30. The SMILES string of the molecule is CC(C)(C)OC(=O)C1C[C@@H]1c1ccc(Cl)cn1. The molecule has 0 saturated heterocycles. The van der Waals surface area contributed by atoms with Crippen LogP contribution in [0, 0.1) is 5.92 Å². The highest BCUT2D eigenvalue weighted by Crippen LogP contribution is 2.47. The average Bonchev–Trinajstić information content (AvgIpc) is 2.96. The van der Waals surface area contributed by atoms with Crippen molar-refractivity contribution in [3.05, 3.63) is 29.0 Å². The van der Waals surface area contributed by atoms with Crippen LogP contribution in [0.3, 0.4) is 0 Å². The molecule has 1 saturated carbocycles. The number of pyridine rings is 1. The summed E-state index contributed by atoms with van der Waals surface area (Å²) in [7, 11) is 0. The Balaban J connectivity index is 1.96. The maximum Gasteiger partial charge on any atom is 0.310 e. The molecule has 0 aromatic carbocycles. The Kier molecular flexibility index (Phi) is 3.13. The summed E-state index contributed by atoms with van der Waals surface area (Å²) in [5, 5.41) is 0.614. The van der Waals surface area contributed by atoms with Gasteiger partial charge >= 0.3 is 5.97 Å². The van der Waals surface area contributed by atoms with E-state index in [-0.39, 0.29) is 17.8 Å². The highest BCUT2D eigenvalue weighted by atomic mass is 35.5. The van der Waals surface area contributed by atoms with Crippen molar-refractivity contribution in [1.82, 2.24) is 4.98 Å². The minimum Gasteiger partial charge on any atom is -0.460 e. The maximum absolute atomic E-state index is 11.8. The minimum absolute atomic E-state index is 0.0390. The molecule has 0 bridgehead atoms. The minimum atomic E-state index is -0.419. The van der Waals surface area contributed by atoms with Gasteiger partial charge in [-0.25, -0.2) is 0 Å². The van der Waals surface area contributed by atoms with Crippen LogP contribution in [0.2, 0.25) is 5.02 Å². The second-order valence-electron chi connectivity index (χ2n) is 5.38. The summed E-state index contributed by atoms with van der Waals surface area (Å²) >= 11 is 5.77. The van der Waals surface area contributed by atoms with Crippen molar-refractivity contribution in [3.8, 4) is 0 Å². The molecular formula is C13H16ClNO2. The van der Waals surface area contributed by atoms with Gasteiger partial charge in [-0.1, -0.05) is 11.6 Å². The zero-order chi connectivity index (χ0) is 12.6. The summed E-state index contributed by atoms with van der Waals surface area (Å²) in [4.78, 5) is 16.0. The van der Waals surface area contributed by atoms with Crippen molar-refractivity contribution in [2.24, 2.45) is 5.92 Å². The fourth-order valence-corrected chi connectivity index (χ4v) is 1.88. The van der Waals surface area contributed by atoms with Crippen LogP contribution in [-0.4, -0.2) is 16.6 Å². The fourth-order valence-electron chi connectivity index (χ4n) is 1.77. The van der Waals surface area contributed by atoms with Crippen molar-refractivity contribution in [1.29, 1.82) is 0 Å². The highest BCUT2D eigenvalue weighted by Gasteiger charge is 2.47. The van der Waals surface area contributed by atoms with Gasteiger partial charge < -0.3 is 4.74 Å². The Bertz CT molecular complexity index is 422. The Hall–Kier alpha value is -1.09. The third kappa shape index (κ3) is 3.19. The Labute approximate surface area is 106 Å². The van der Waals surface area contributed by atoms with E-state index in [0.717, 1.165) is 12.1 Å². The zero-order valence-electron chi connectivity index (χ0n) is 10.2. The van der Waals surface area contributed by atoms with E-state index in [1.54, 1.807) is 12.3 Å². The van der Waals surface area contributed by atoms with E-state index >= 15 is 0 Å². The Morgan fingerprint density at radius 3 is 2.71 bits per heavy atom. The third-order valence-corrected chi connectivity index (χ3v) is 2.85. The molecule has 1 aliphatic carbocycles. The molecule has 3 nitrogen and oxygen atoms in total. The largest absolute Gasteiger partial charge is 0.460 e. The van der Waals surface area contributed by atoms with Gasteiger partial charge in [0, 0.05) is 17.8 Å². The number of hydrogen-bond acceptors (Lipinski definition) is 3. The zero-order valence-corrected chi connectivity index (χ0v) is 11.0. The van der Waals surface area contributed by atoms with Gasteiger partial charge in [-0.2, -0.15) is 0 Å². The van der Waals surface area contributed by atoms with E-state index in [1.165, 1.54) is 0 Å². The topological polar surface area (TPSA) is 39.2 Å². The first kappa shape index (κ1) is 12.4. The molecule has 17 heavy (non-hydrogen) atoms. The number of aromatic nitrogens is 1. The molecule has 1 aromatic heterocycles. The summed E-state index contributed by atoms with van der Waals surface area (Å²) in [6.45, 7) is 5.63. The van der Waals surface area contributed by atoms with E-state index < -0.39 is 5.60 Å². The third-order valence-electron chi connectivity index (χ3n) is 2.63. The second kappa shape index (κ2) is 4.30. The van der Waals surface area contributed by atoms with Crippen LogP contribution < -0.4 is 0 Å². The van der Waals surface area contributed by atoms with E-state index in [2.05, 4.69) is 4.98 Å². The van der Waals surface area contributed by atoms with Crippen molar-refractivity contribution in [2.45, 2.75) is 38.7 Å². The first-order chi connectivity index (χ1) is 7.87. The van der Waals surface area contributed by atoms with E-state index in [0.29, 0.717) is 5.02 Å². The summed E-state index contributed by atoms with van der Waals surface area (Å²) in [6.07, 6.45) is 2.44. The molecule has 2 atom stereocenters. The lowest BCUT2D eigenvalue weighted by atomic mass is 10.2. The van der Waals surface area contributed by atoms with Gasteiger partial charge in [-0.3, -0.25) is 9.78 Å². The Morgan fingerprint density at radius 1 is 1.47 bits per heavy atom. The van der Waals surface area contributed by atoms with Gasteiger partial charge in [0.15, 0.2) is 0 Å². The lowest BCUT2D eigenvalue weighted by Gasteiger charge is -2.19. The molecule has 4 heteroatoms. The lowest BCUT2D eigenvalue weighted by Crippen LogP contribution is -2.25. The number of carbonyl (C=O) groups is 1. The number of rotatable bonds is 2. The van der Waals surface area contributed by atoms with Crippen molar-refractivity contribution < 1.29 is 9.53 Å². The average molecular weight is 254 g/mol. The van der Waals surface area contributed by atoms with Crippen molar-refractivity contribution in [3.63, 3.8) is 0 Å². The van der Waals surface area contributed by atoms with Crippen LogP contribution in [0.1, 0.15) is 38.8 Å². The van der Waals surface area contributed by atoms with Gasteiger partial charge in [-0.05, 0) is 39.3 Å². The molecule has 1 unspecified atom stereocenters. The maximum atomic E-state index is 11.8. The Morgan fingerprint density at radius 2 is 2.18 bits per heavy atom. The molecule has 1 fully saturated rings. The molecule has 0 spiro atoms. The van der Waals surface area contributed by atoms with Crippen LogP contribution in [0.5, 0.6) is 0 Å². The molecule has 1 aliphatic rings. The number of halogens is 1. The monoisotopic (exact) mass is 253 g/mol. The lowest BCUT2D eigenvalue weighted by molar-refractivity contribution is -0.156. The number of carbonyl (C=O) groups excluding carboxylic acids is 1. The standard InChI is InChI=1S/C13H16ClNO2/c1-13(2,3)17-12(16)10-6-9(10)11-5-4-8(14)7-15-11/h4-5,7,9-10H,6H2,1-3H3/t9-,10?/m0/s1. The molecule has 0 aliphatic heterocycles. The molecule has 2 rings (SSSR count). The van der Waals surface area contributed by atoms with E-state index in [9.17, 15) is 4.79 Å². The number of esters is 1. The van der Waals surface area contributed by atoms with E-state index in [4.69, 9.17) is 16.3 Å². The molecule has 92 valence electrons. The molecule has 1 heterocycles. The quantitative estimate of drug-likeness (QED) is 0.760. The van der Waals surface area contributed by atoms with Crippen LogP contribution in [-0.2, 0) is 9.53 Å². The summed E-state index contributed by atoms with van der Waals surface area (Å²) in [5.74, 6) is 0.0317. The van der Waals surface area contributed by atoms with E-state index in [1.807, 2.05) is 26.8 Å². The molecule has 1 aromatic rings. The molecule has 0 amide bonds. The predicted molar refractivity (Wildman–Crippen MR) is 65.9 cm³/mol. The van der Waals surface area contributed by atoms with Crippen molar-refractivity contribution >= 4 is 17.6 Å². The number of hydrogen-bond donors (Lipinski definition) is 0. The number of ether oxygens (including phenoxy) is 1.